The minimum Gasteiger partial charge on any atom is -0.671 e. The summed E-state index contributed by atoms with van der Waals surface area (Å²) in [5, 5.41) is 14.7. The van der Waals surface area contributed by atoms with Crippen LogP contribution in [0.15, 0.2) is 231 Å². The molecular formula is C107H118Cl2N6O8P4Ru+2. The van der Waals surface area contributed by atoms with Crippen molar-refractivity contribution in [1.29, 1.82) is 0 Å². The minimum atomic E-state index is -1.78. The number of aromatic nitrogens is 4. The first-order chi connectivity index (χ1) is 61.6. The van der Waals surface area contributed by atoms with Gasteiger partial charge in [-0.05, 0) is 237 Å². The Morgan fingerprint density at radius 1 is 0.273 bits per heavy atom. The second-order valence-electron chi connectivity index (χ2n) is 32.0. The molecule has 128 heavy (non-hydrogen) atoms. The van der Waals surface area contributed by atoms with Crippen LogP contribution in [0.2, 0.25) is 0 Å². The fourth-order valence-electron chi connectivity index (χ4n) is 17.5. The molecule has 0 aliphatic carbocycles. The van der Waals surface area contributed by atoms with Crippen molar-refractivity contribution in [3.05, 3.63) is 342 Å². The molecule has 0 amide bonds. The molecular weight excluding hydrogens is 1790 g/mol. The molecule has 4 aromatic heterocycles. The first-order valence-electron chi connectivity index (χ1n) is 42.4. The second kappa shape index (κ2) is 45.5. The molecule has 0 bridgehead atoms. The summed E-state index contributed by atoms with van der Waals surface area (Å²) >= 11 is -0.346. The molecule has 0 radical (unpaired) electrons. The summed E-state index contributed by atoms with van der Waals surface area (Å²) < 4.78 is 49.2. The molecule has 664 valence electrons. The Bertz CT molecular complexity index is 5180. The van der Waals surface area contributed by atoms with E-state index in [0.717, 1.165) is 54.6 Å². The number of benzene rings is 10. The van der Waals surface area contributed by atoms with Crippen LogP contribution in [-0.4, -0.2) is 76.8 Å². The monoisotopic (exact) mass is 1910 g/mol. The van der Waals surface area contributed by atoms with Gasteiger partial charge in [0, 0.05) is 34.9 Å². The molecule has 0 saturated heterocycles. The van der Waals surface area contributed by atoms with E-state index in [4.69, 9.17) is 88.7 Å². The van der Waals surface area contributed by atoms with Crippen LogP contribution in [0.25, 0.3) is 33.7 Å². The molecule has 0 saturated carbocycles. The fraction of sp³-hybridized carbons (Fsp3) is 0.252. The average Bonchev–Trinajstić information content (AvgIpc) is 0.730. The Hall–Kier alpha value is -9.96. The number of nitrogens with zero attached hydrogens (tertiary/aromatic N) is 4. The summed E-state index contributed by atoms with van der Waals surface area (Å²) in [7, 11) is 17.1. The molecule has 0 fully saturated rings. The van der Waals surface area contributed by atoms with Crippen molar-refractivity contribution >= 4 is 115 Å². The number of nitrogens with one attached hydrogen (secondary N) is 2. The van der Waals surface area contributed by atoms with Crippen molar-refractivity contribution in [1.82, 2.24) is 19.9 Å². The molecule has 0 unspecified atom stereocenters. The number of ether oxygens (including phenoxy) is 8. The van der Waals surface area contributed by atoms with E-state index in [0.29, 0.717) is 53.5 Å². The summed E-state index contributed by atoms with van der Waals surface area (Å²) in [6, 6.07) is 79.9. The number of aryl methyl sites for hydroxylation is 16. The third-order valence-electron chi connectivity index (χ3n) is 23.4. The van der Waals surface area contributed by atoms with Gasteiger partial charge in [-0.1, -0.05) is 224 Å². The van der Waals surface area contributed by atoms with E-state index in [9.17, 15) is 0 Å². The molecule has 21 heteroatoms. The van der Waals surface area contributed by atoms with E-state index in [1.807, 2.05) is 60.7 Å². The predicted molar refractivity (Wildman–Crippen MR) is 544 cm³/mol. The third-order valence-corrected chi connectivity index (χ3v) is 36.7. The van der Waals surface area contributed by atoms with Crippen molar-refractivity contribution < 1.29 is 53.0 Å². The number of hydrogen-bond donors (Lipinski definition) is 0. The van der Waals surface area contributed by atoms with E-state index in [1.165, 1.54) is 131 Å². The Balaban J connectivity index is 0.000000204. The van der Waals surface area contributed by atoms with Crippen molar-refractivity contribution in [2.75, 3.05) is 56.9 Å². The smallest absolute Gasteiger partial charge is 0.0605 e. The predicted octanol–water partition coefficient (Wildman–Crippen LogP) is 22.1. The normalized spacial score (nSPS) is 11.6. The standard InChI is InChI=1S/2C46H50N2O4P2.C15H16N2.2ClH.Ru/c2*1-27-17-13-18-28(2)41(27)53(42-29(3)19-14-20-30(42)4)35-25-37(49-9)47-45(51-11)39(35)40-36(26-38(50-10)48-46(40)52-12)54(43-31(5)21-15-22-32(43)6)44-33(7)23-16-24-34(44)8;16-14(12-7-3-1-4-8-12)11-15(17)13-9-5-2-6-10-13;;;/h2*13-26H,1-12H3;1-10,14-17H,11H2;2*1H;/q;;-2;;;+4/t;;14-,15-;;;/m..1.../s1. The van der Waals surface area contributed by atoms with Gasteiger partial charge >= 0.3 is 34.5 Å². The number of halogens is 2. The van der Waals surface area contributed by atoms with Crippen LogP contribution in [0.5, 0.6) is 47.0 Å². The summed E-state index contributed by atoms with van der Waals surface area (Å²) in [6.45, 7) is 35.5. The van der Waals surface area contributed by atoms with E-state index in [1.54, 1.807) is 56.9 Å². The Morgan fingerprint density at radius 3 is 0.672 bits per heavy atom. The topological polar surface area (TPSA) is 173 Å². The van der Waals surface area contributed by atoms with Crippen molar-refractivity contribution in [3.63, 3.8) is 0 Å². The molecule has 4 heterocycles. The number of hydrogen-bond acceptors (Lipinski definition) is 12. The second-order valence-corrected chi connectivity index (χ2v) is 43.3. The number of pyridine rings is 4. The van der Waals surface area contributed by atoms with Crippen LogP contribution < -0.4 is 102 Å². The van der Waals surface area contributed by atoms with Crippen molar-refractivity contribution in [2.45, 2.75) is 129 Å². The van der Waals surface area contributed by atoms with Gasteiger partial charge in [0.1, 0.15) is 47.7 Å². The zero-order valence-corrected chi connectivity index (χ0v) is 84.9. The molecule has 2 N–H and O–H groups in total. The summed E-state index contributed by atoms with van der Waals surface area (Å²) in [4.78, 5) is 20.0. The van der Waals surface area contributed by atoms with Crippen molar-refractivity contribution in [2.24, 2.45) is 0 Å². The van der Waals surface area contributed by atoms with Gasteiger partial charge < -0.3 is 49.4 Å². The molecule has 14 rings (SSSR count). The van der Waals surface area contributed by atoms with E-state index >= 15 is 0 Å². The molecule has 0 aliphatic heterocycles. The van der Waals surface area contributed by atoms with E-state index in [-0.39, 0.29) is 27.2 Å². The van der Waals surface area contributed by atoms with E-state index < -0.39 is 31.7 Å². The van der Waals surface area contributed by atoms with E-state index in [2.05, 4.69) is 281 Å². The SMILES string of the molecule is COc1cc(P(c2c(C)cccc2C)c2c(C)cccc2C)c(-c2c(P(c3c(C)cccc3C)c3c(C)cccc3C)cc(OC)nc2OC)c(OC)n1.COc1cc([PH+](c2c(C)cccc2C)c2c(C)cccc2C)c(-c2c([PH+](c3c(C)cccc3C)c3c(C)cccc3C)cc(OC)nc2OC)c(OC)n1.[Cl][Ru+2][Cl].[NH-][C@H](C[C@@H]([NH-])c1ccccc1)c1ccccc1. The van der Waals surface area contributed by atoms with Crippen LogP contribution >= 0.6 is 51.1 Å². The van der Waals surface area contributed by atoms with Gasteiger partial charge in [-0.25, -0.2) is 0 Å². The quantitative estimate of drug-likeness (QED) is 0.0371. The number of methoxy groups -OCH3 is 8. The largest absolute Gasteiger partial charge is 0.671 e. The zero-order chi connectivity index (χ0) is 92.5. The van der Waals surface area contributed by atoms with Gasteiger partial charge in [0.2, 0.25) is 47.0 Å². The molecule has 0 spiro atoms. The Labute approximate surface area is 779 Å². The van der Waals surface area contributed by atoms with Crippen LogP contribution in [-0.2, 0) is 15.1 Å². The van der Waals surface area contributed by atoms with Gasteiger partial charge in [-0.15, -0.1) is 12.1 Å². The first-order valence-corrected chi connectivity index (χ1v) is 52.5. The van der Waals surface area contributed by atoms with Gasteiger partial charge in [0.25, 0.3) is 0 Å². The van der Waals surface area contributed by atoms with Crippen LogP contribution in [0.3, 0.4) is 0 Å². The Kier molecular flexibility index (Phi) is 35.1. The summed E-state index contributed by atoms with van der Waals surface area (Å²) in [5.41, 5.74) is 41.2. The maximum Gasteiger partial charge on any atom is -0.0605 e. The molecule has 0 aliphatic rings. The van der Waals surface area contributed by atoms with Crippen LogP contribution in [0.1, 0.15) is 119 Å². The number of rotatable bonds is 26. The van der Waals surface area contributed by atoms with Crippen LogP contribution in [0.4, 0.5) is 0 Å². The molecule has 14 aromatic rings. The summed E-state index contributed by atoms with van der Waals surface area (Å²) in [6.07, 6.45) is 0.536. The average molecular weight is 1910 g/mol. The van der Waals surface area contributed by atoms with Gasteiger partial charge in [-0.2, -0.15) is 19.9 Å². The van der Waals surface area contributed by atoms with Gasteiger partial charge in [0.05, 0.1) is 79.1 Å². The molecule has 14 nitrogen and oxygen atoms in total. The van der Waals surface area contributed by atoms with Gasteiger partial charge in [-0.3, -0.25) is 0 Å². The first kappa shape index (κ1) is 98.6. The molecule has 10 aromatic carbocycles. The fourth-order valence-corrected chi connectivity index (χ4v) is 30.6. The van der Waals surface area contributed by atoms with Gasteiger partial charge in [0.15, 0.2) is 0 Å². The zero-order valence-electron chi connectivity index (χ0n) is 77.9. The maximum absolute atomic E-state index is 8.07. The molecule has 2 atom stereocenters. The van der Waals surface area contributed by atoms with Crippen molar-refractivity contribution in [3.8, 4) is 69.3 Å². The van der Waals surface area contributed by atoms with Crippen LogP contribution in [0, 0.1) is 111 Å². The maximum atomic E-state index is 8.07. The summed E-state index contributed by atoms with van der Waals surface area (Å²) in [5.74, 6) is 3.73. The minimum absolute atomic E-state index is 0.320. The third kappa shape index (κ3) is 21.7. The Morgan fingerprint density at radius 2 is 0.469 bits per heavy atom.